The van der Waals surface area contributed by atoms with Crippen LogP contribution in [0.2, 0.25) is 0 Å². The van der Waals surface area contributed by atoms with Gasteiger partial charge < -0.3 is 5.32 Å². The molecule has 1 aliphatic carbocycles. The first-order valence-corrected chi connectivity index (χ1v) is 7.76. The zero-order chi connectivity index (χ0) is 13.2. The predicted molar refractivity (Wildman–Crippen MR) is 80.4 cm³/mol. The highest BCUT2D eigenvalue weighted by molar-refractivity contribution is 5.33. The number of benzene rings is 1. The Morgan fingerprint density at radius 2 is 1.89 bits per heavy atom. The van der Waals surface area contributed by atoms with E-state index in [1.165, 1.54) is 49.9 Å². The summed E-state index contributed by atoms with van der Waals surface area (Å²) < 4.78 is 0. The molecule has 2 heteroatoms. The highest BCUT2D eigenvalue weighted by Crippen LogP contribution is 2.24. The SMILES string of the molecule is Cc1cccc(C)c1CN1CCCC1CNC1CC1. The maximum absolute atomic E-state index is 3.70. The molecular formula is C17H26N2. The summed E-state index contributed by atoms with van der Waals surface area (Å²) in [6.07, 6.45) is 5.51. The van der Waals surface area contributed by atoms with Gasteiger partial charge in [-0.05, 0) is 62.8 Å². The summed E-state index contributed by atoms with van der Waals surface area (Å²) in [5.74, 6) is 0. The monoisotopic (exact) mass is 258 g/mol. The van der Waals surface area contributed by atoms with Crippen molar-refractivity contribution in [1.29, 1.82) is 0 Å². The van der Waals surface area contributed by atoms with Gasteiger partial charge in [-0.2, -0.15) is 0 Å². The molecule has 1 saturated heterocycles. The van der Waals surface area contributed by atoms with E-state index in [-0.39, 0.29) is 0 Å². The van der Waals surface area contributed by atoms with E-state index in [9.17, 15) is 0 Å². The summed E-state index contributed by atoms with van der Waals surface area (Å²) in [7, 11) is 0. The Morgan fingerprint density at radius 1 is 1.16 bits per heavy atom. The normalized spacial score (nSPS) is 24.0. The fourth-order valence-electron chi connectivity index (χ4n) is 3.23. The fraction of sp³-hybridized carbons (Fsp3) is 0.647. The van der Waals surface area contributed by atoms with Crippen LogP contribution in [0.3, 0.4) is 0 Å². The molecule has 0 aromatic heterocycles. The van der Waals surface area contributed by atoms with E-state index in [1.807, 2.05) is 0 Å². The Kier molecular flexibility index (Phi) is 3.90. The Morgan fingerprint density at radius 3 is 2.58 bits per heavy atom. The Hall–Kier alpha value is -0.860. The number of likely N-dealkylation sites (tertiary alicyclic amines) is 1. The first-order valence-electron chi connectivity index (χ1n) is 7.76. The molecule has 0 bridgehead atoms. The van der Waals surface area contributed by atoms with E-state index < -0.39 is 0 Å². The molecule has 1 heterocycles. The smallest absolute Gasteiger partial charge is 0.0242 e. The lowest BCUT2D eigenvalue weighted by Crippen LogP contribution is -2.38. The van der Waals surface area contributed by atoms with Crippen LogP contribution >= 0.6 is 0 Å². The lowest BCUT2D eigenvalue weighted by atomic mass is 10.0. The highest BCUT2D eigenvalue weighted by atomic mass is 15.2. The first kappa shape index (κ1) is 13.1. The zero-order valence-corrected chi connectivity index (χ0v) is 12.3. The topological polar surface area (TPSA) is 15.3 Å². The van der Waals surface area contributed by atoms with Gasteiger partial charge in [0.1, 0.15) is 0 Å². The van der Waals surface area contributed by atoms with Crippen LogP contribution in [0.4, 0.5) is 0 Å². The van der Waals surface area contributed by atoms with Crippen molar-refractivity contribution in [2.45, 2.75) is 58.2 Å². The van der Waals surface area contributed by atoms with Crippen molar-refractivity contribution < 1.29 is 0 Å². The summed E-state index contributed by atoms with van der Waals surface area (Å²) >= 11 is 0. The van der Waals surface area contributed by atoms with Crippen molar-refractivity contribution in [3.05, 3.63) is 34.9 Å². The van der Waals surface area contributed by atoms with Gasteiger partial charge in [-0.15, -0.1) is 0 Å². The van der Waals surface area contributed by atoms with Crippen LogP contribution < -0.4 is 5.32 Å². The van der Waals surface area contributed by atoms with Gasteiger partial charge in [0.25, 0.3) is 0 Å². The van der Waals surface area contributed by atoms with Gasteiger partial charge in [0.15, 0.2) is 0 Å². The van der Waals surface area contributed by atoms with E-state index in [4.69, 9.17) is 0 Å². The molecule has 1 saturated carbocycles. The standard InChI is InChI=1S/C17H26N2/c1-13-5-3-6-14(2)17(13)12-19-10-4-7-16(19)11-18-15-8-9-15/h3,5-6,15-16,18H,4,7-12H2,1-2H3. The fourth-order valence-corrected chi connectivity index (χ4v) is 3.23. The maximum Gasteiger partial charge on any atom is 0.0242 e. The molecule has 2 nitrogen and oxygen atoms in total. The van der Waals surface area contributed by atoms with E-state index >= 15 is 0 Å². The molecule has 0 amide bonds. The molecular weight excluding hydrogens is 232 g/mol. The van der Waals surface area contributed by atoms with E-state index in [0.29, 0.717) is 0 Å². The van der Waals surface area contributed by atoms with E-state index in [2.05, 4.69) is 42.3 Å². The number of hydrogen-bond donors (Lipinski definition) is 1. The molecule has 19 heavy (non-hydrogen) atoms. The summed E-state index contributed by atoms with van der Waals surface area (Å²) in [5, 5.41) is 3.70. The van der Waals surface area contributed by atoms with Gasteiger partial charge in [0.05, 0.1) is 0 Å². The van der Waals surface area contributed by atoms with Gasteiger partial charge in [-0.1, -0.05) is 18.2 Å². The maximum atomic E-state index is 3.70. The first-order chi connectivity index (χ1) is 9.24. The van der Waals surface area contributed by atoms with E-state index in [0.717, 1.165) is 18.6 Å². The Bertz CT molecular complexity index is 417. The average molecular weight is 258 g/mol. The molecule has 0 radical (unpaired) electrons. The lowest BCUT2D eigenvalue weighted by Gasteiger charge is -2.26. The molecule has 1 aromatic carbocycles. The molecule has 1 atom stereocenters. The lowest BCUT2D eigenvalue weighted by molar-refractivity contribution is 0.238. The molecule has 1 unspecified atom stereocenters. The third-order valence-electron chi connectivity index (χ3n) is 4.72. The summed E-state index contributed by atoms with van der Waals surface area (Å²) in [5.41, 5.74) is 4.43. The van der Waals surface area contributed by atoms with Crippen LogP contribution in [0, 0.1) is 13.8 Å². The zero-order valence-electron chi connectivity index (χ0n) is 12.3. The summed E-state index contributed by atoms with van der Waals surface area (Å²) in [6, 6.07) is 8.25. The molecule has 2 fully saturated rings. The van der Waals surface area contributed by atoms with Crippen molar-refractivity contribution in [1.82, 2.24) is 10.2 Å². The molecule has 1 aliphatic heterocycles. The molecule has 0 spiro atoms. The van der Waals surface area contributed by atoms with Crippen LogP contribution in [0.25, 0.3) is 0 Å². The van der Waals surface area contributed by atoms with Crippen molar-refractivity contribution in [3.8, 4) is 0 Å². The minimum atomic E-state index is 0.750. The molecule has 104 valence electrons. The second kappa shape index (κ2) is 5.64. The van der Waals surface area contributed by atoms with Crippen LogP contribution in [-0.4, -0.2) is 30.1 Å². The number of aryl methyl sites for hydroxylation is 2. The molecule has 1 aromatic rings. The Labute approximate surface area is 117 Å². The van der Waals surface area contributed by atoms with Crippen molar-refractivity contribution in [2.24, 2.45) is 0 Å². The Balaban J connectivity index is 1.63. The summed E-state index contributed by atoms with van der Waals surface area (Å²) in [4.78, 5) is 2.69. The van der Waals surface area contributed by atoms with Gasteiger partial charge in [0.2, 0.25) is 0 Å². The van der Waals surface area contributed by atoms with Gasteiger partial charge in [-0.25, -0.2) is 0 Å². The number of hydrogen-bond acceptors (Lipinski definition) is 2. The minimum absolute atomic E-state index is 0.750. The van der Waals surface area contributed by atoms with Crippen LogP contribution in [0.1, 0.15) is 42.4 Å². The minimum Gasteiger partial charge on any atom is -0.312 e. The predicted octanol–water partition coefficient (Wildman–Crippen LogP) is 3.02. The average Bonchev–Trinajstić information content (AvgIpc) is 3.11. The van der Waals surface area contributed by atoms with Crippen molar-refractivity contribution in [3.63, 3.8) is 0 Å². The second-order valence-electron chi connectivity index (χ2n) is 6.32. The van der Waals surface area contributed by atoms with Crippen molar-refractivity contribution in [2.75, 3.05) is 13.1 Å². The largest absolute Gasteiger partial charge is 0.312 e. The number of rotatable bonds is 5. The van der Waals surface area contributed by atoms with Gasteiger partial charge in [0, 0.05) is 25.2 Å². The number of nitrogens with one attached hydrogen (secondary N) is 1. The molecule has 2 aliphatic rings. The van der Waals surface area contributed by atoms with Crippen molar-refractivity contribution >= 4 is 0 Å². The van der Waals surface area contributed by atoms with E-state index in [1.54, 1.807) is 5.56 Å². The molecule has 1 N–H and O–H groups in total. The highest BCUT2D eigenvalue weighted by Gasteiger charge is 2.28. The third-order valence-corrected chi connectivity index (χ3v) is 4.72. The van der Waals surface area contributed by atoms with Crippen LogP contribution in [0.5, 0.6) is 0 Å². The number of nitrogens with zero attached hydrogens (tertiary/aromatic N) is 1. The molecule has 3 rings (SSSR count). The second-order valence-corrected chi connectivity index (χ2v) is 6.32. The van der Waals surface area contributed by atoms with Gasteiger partial charge >= 0.3 is 0 Å². The third kappa shape index (κ3) is 3.18. The van der Waals surface area contributed by atoms with Gasteiger partial charge in [-0.3, -0.25) is 4.90 Å². The summed E-state index contributed by atoms with van der Waals surface area (Å²) in [6.45, 7) is 8.08. The van der Waals surface area contributed by atoms with Crippen LogP contribution in [0.15, 0.2) is 18.2 Å². The van der Waals surface area contributed by atoms with Crippen LogP contribution in [-0.2, 0) is 6.54 Å². The quantitative estimate of drug-likeness (QED) is 0.873.